The molecule has 9 rings (SSSR count). The van der Waals surface area contributed by atoms with Gasteiger partial charge in [-0.3, -0.25) is 0 Å². The fraction of sp³-hybridized carbons (Fsp3) is 0.224. The number of aromatic nitrogens is 2. The van der Waals surface area contributed by atoms with Gasteiger partial charge in [0.2, 0.25) is 0 Å². The molecule has 0 bridgehead atoms. The van der Waals surface area contributed by atoms with Gasteiger partial charge in [0.15, 0.2) is 0 Å². The van der Waals surface area contributed by atoms with E-state index in [9.17, 15) is 0 Å². The molecule has 1 fully saturated rings. The molecular formula is C49H44IrN2S-2. The Labute approximate surface area is 335 Å². The smallest absolute Gasteiger partial charge is 0.0318 e. The molecule has 267 valence electrons. The van der Waals surface area contributed by atoms with Crippen LogP contribution in [0.4, 0.5) is 0 Å². The molecule has 1 aliphatic carbocycles. The van der Waals surface area contributed by atoms with E-state index >= 15 is 0 Å². The SMILES string of the molecule is CC(C)(c1ccccc1)c1ccnc(-c2[c-]cc3sc4c5ccccc5ccc4c3c2)c1.[2H]C([2H])([2H])c1cnc(-c2[c-]cccc2)cc1CC1CCCCC1.[Ir]. The number of hydrogen-bond acceptors (Lipinski definition) is 3. The van der Waals surface area contributed by atoms with Gasteiger partial charge in [-0.05, 0) is 74.2 Å². The Morgan fingerprint density at radius 1 is 0.736 bits per heavy atom. The monoisotopic (exact) mass is 888 g/mol. The molecule has 0 atom stereocenters. The molecule has 0 aliphatic heterocycles. The number of thiophene rings is 1. The first-order valence-corrected chi connectivity index (χ1v) is 19.2. The van der Waals surface area contributed by atoms with Gasteiger partial charge in [0.1, 0.15) is 0 Å². The van der Waals surface area contributed by atoms with Crippen LogP contribution in [0.15, 0.2) is 134 Å². The average molecular weight is 888 g/mol. The second-order valence-electron chi connectivity index (χ2n) is 14.5. The van der Waals surface area contributed by atoms with Gasteiger partial charge in [0.05, 0.1) is 0 Å². The summed E-state index contributed by atoms with van der Waals surface area (Å²) >= 11 is 1.85. The minimum absolute atomic E-state index is 0. The summed E-state index contributed by atoms with van der Waals surface area (Å²) in [6, 6.07) is 48.8. The molecule has 0 unspecified atom stereocenters. The zero-order chi connectivity index (χ0) is 38.0. The van der Waals surface area contributed by atoms with E-state index in [-0.39, 0.29) is 25.5 Å². The van der Waals surface area contributed by atoms with E-state index in [1.165, 1.54) is 74.2 Å². The molecule has 2 nitrogen and oxygen atoms in total. The predicted octanol–water partition coefficient (Wildman–Crippen LogP) is 13.4. The van der Waals surface area contributed by atoms with Crippen molar-refractivity contribution in [1.82, 2.24) is 9.97 Å². The number of fused-ring (bicyclic) bond motifs is 5. The average Bonchev–Trinajstić information content (AvgIpc) is 3.60. The summed E-state index contributed by atoms with van der Waals surface area (Å²) in [5, 5.41) is 5.18. The zero-order valence-corrected chi connectivity index (χ0v) is 33.4. The second-order valence-corrected chi connectivity index (χ2v) is 15.6. The first kappa shape index (κ1) is 33.1. The first-order chi connectivity index (χ1) is 26.6. The van der Waals surface area contributed by atoms with Gasteiger partial charge in [0, 0.05) is 46.7 Å². The van der Waals surface area contributed by atoms with Gasteiger partial charge in [0.25, 0.3) is 0 Å². The van der Waals surface area contributed by atoms with Gasteiger partial charge in [-0.25, -0.2) is 0 Å². The molecule has 3 heterocycles. The van der Waals surface area contributed by atoms with Crippen molar-refractivity contribution in [2.75, 3.05) is 0 Å². The van der Waals surface area contributed by atoms with Crippen molar-refractivity contribution in [1.29, 1.82) is 0 Å². The summed E-state index contributed by atoms with van der Waals surface area (Å²) in [6.45, 7) is 2.44. The Hall–Kier alpha value is -4.47. The molecule has 0 saturated heterocycles. The summed E-state index contributed by atoms with van der Waals surface area (Å²) in [7, 11) is 0. The van der Waals surface area contributed by atoms with Crippen LogP contribution in [0, 0.1) is 24.9 Å². The largest absolute Gasteiger partial charge is 0.305 e. The number of hydrogen-bond donors (Lipinski definition) is 0. The van der Waals surface area contributed by atoms with Crippen molar-refractivity contribution in [3.8, 4) is 22.5 Å². The number of benzene rings is 5. The van der Waals surface area contributed by atoms with Crippen LogP contribution >= 0.6 is 11.3 Å². The third-order valence-corrected chi connectivity index (χ3v) is 12.0. The predicted molar refractivity (Wildman–Crippen MR) is 221 cm³/mol. The van der Waals surface area contributed by atoms with E-state index in [1.807, 2.05) is 47.9 Å². The van der Waals surface area contributed by atoms with Crippen LogP contribution in [0.2, 0.25) is 0 Å². The van der Waals surface area contributed by atoms with Crippen LogP contribution in [-0.2, 0) is 31.9 Å². The van der Waals surface area contributed by atoms with E-state index < -0.39 is 6.85 Å². The number of aryl methyl sites for hydroxylation is 1. The molecule has 4 heteroatoms. The maximum atomic E-state index is 7.79. The summed E-state index contributed by atoms with van der Waals surface area (Å²) in [5.41, 5.74) is 7.51. The van der Waals surface area contributed by atoms with Crippen LogP contribution in [0.1, 0.15) is 72.3 Å². The van der Waals surface area contributed by atoms with Crippen molar-refractivity contribution < 1.29 is 24.2 Å². The van der Waals surface area contributed by atoms with Crippen LogP contribution in [0.5, 0.6) is 0 Å². The third-order valence-electron chi connectivity index (χ3n) is 10.8. The van der Waals surface area contributed by atoms with Gasteiger partial charge < -0.3 is 9.97 Å². The van der Waals surface area contributed by atoms with Crippen molar-refractivity contribution in [3.05, 3.63) is 168 Å². The van der Waals surface area contributed by atoms with Crippen molar-refractivity contribution in [2.45, 2.75) is 64.6 Å². The Balaban J connectivity index is 0.000000178. The first-order valence-electron chi connectivity index (χ1n) is 19.9. The topological polar surface area (TPSA) is 25.8 Å². The normalized spacial score (nSPS) is 14.5. The van der Waals surface area contributed by atoms with Gasteiger partial charge in [-0.15, -0.1) is 59.7 Å². The molecule has 0 spiro atoms. The number of nitrogens with zero attached hydrogens (tertiary/aromatic N) is 2. The van der Waals surface area contributed by atoms with E-state index in [2.05, 4.69) is 122 Å². The van der Waals surface area contributed by atoms with Crippen molar-refractivity contribution >= 4 is 42.3 Å². The Kier molecular flexibility index (Phi) is 10.2. The fourth-order valence-corrected chi connectivity index (χ4v) is 8.85. The number of pyridine rings is 2. The standard InChI is InChI=1S/C30H22NS.C19H22N.Ir/c1-30(2,22-9-4-3-5-10-22)23-16-17-31-27(19-23)21-13-15-28-26(18-21)25-14-12-20-8-6-7-11-24(20)29(25)32-28;1-15-14-20-19(17-10-6-3-7-11-17)13-18(15)12-16-8-4-2-5-9-16;/h3-12,14-19H,1-2H3;3,6-7,10,13-14,16H,2,4-5,8-9,12H2,1H3;/q2*-1;/i;1D3;. The van der Waals surface area contributed by atoms with Crippen LogP contribution < -0.4 is 0 Å². The van der Waals surface area contributed by atoms with Crippen LogP contribution in [0.3, 0.4) is 0 Å². The summed E-state index contributed by atoms with van der Waals surface area (Å²) in [6.07, 6.45) is 10.6. The minimum Gasteiger partial charge on any atom is -0.305 e. The van der Waals surface area contributed by atoms with Gasteiger partial charge in [-0.2, -0.15) is 11.3 Å². The molecular weight excluding hydrogens is 841 g/mol. The molecule has 1 saturated carbocycles. The van der Waals surface area contributed by atoms with E-state index in [4.69, 9.17) is 9.10 Å². The maximum Gasteiger partial charge on any atom is 0.0318 e. The van der Waals surface area contributed by atoms with Crippen molar-refractivity contribution in [2.24, 2.45) is 5.92 Å². The van der Waals surface area contributed by atoms with Gasteiger partial charge >= 0.3 is 0 Å². The molecule has 53 heavy (non-hydrogen) atoms. The molecule has 0 amide bonds. The molecule has 8 aromatic rings. The Morgan fingerprint density at radius 2 is 1.53 bits per heavy atom. The van der Waals surface area contributed by atoms with E-state index in [0.717, 1.165) is 34.5 Å². The van der Waals surface area contributed by atoms with Crippen LogP contribution in [-0.4, -0.2) is 9.97 Å². The Morgan fingerprint density at radius 3 is 2.34 bits per heavy atom. The van der Waals surface area contributed by atoms with E-state index in [0.29, 0.717) is 11.5 Å². The van der Waals surface area contributed by atoms with Crippen LogP contribution in [0.25, 0.3) is 53.5 Å². The third kappa shape index (κ3) is 7.92. The summed E-state index contributed by atoms with van der Waals surface area (Å²) in [5.74, 6) is 0.597. The van der Waals surface area contributed by atoms with E-state index in [1.54, 1.807) is 6.20 Å². The number of rotatable bonds is 6. The molecule has 5 aromatic carbocycles. The molecule has 1 radical (unpaired) electrons. The molecule has 0 N–H and O–H groups in total. The summed E-state index contributed by atoms with van der Waals surface area (Å²) < 4.78 is 26.0. The Bertz CT molecular complexity index is 2580. The zero-order valence-electron chi connectivity index (χ0n) is 33.2. The fourth-order valence-electron chi connectivity index (χ4n) is 7.65. The molecule has 3 aromatic heterocycles. The summed E-state index contributed by atoms with van der Waals surface area (Å²) in [4.78, 5) is 9.09. The second kappa shape index (κ2) is 16.3. The molecule has 1 aliphatic rings. The van der Waals surface area contributed by atoms with Crippen molar-refractivity contribution in [3.63, 3.8) is 0 Å². The minimum atomic E-state index is -2.10. The quantitative estimate of drug-likeness (QED) is 0.156. The van der Waals surface area contributed by atoms with Gasteiger partial charge in [-0.1, -0.05) is 136 Å². The maximum absolute atomic E-state index is 7.79.